The van der Waals surface area contributed by atoms with Crippen molar-refractivity contribution in [1.29, 1.82) is 0 Å². The van der Waals surface area contributed by atoms with E-state index in [2.05, 4.69) is 16.7 Å². The molecule has 0 saturated carbocycles. The average molecular weight is 670 g/mol. The van der Waals surface area contributed by atoms with Gasteiger partial charge < -0.3 is 0 Å². The predicted octanol–water partition coefficient (Wildman–Crippen LogP) is 4.67. The van der Waals surface area contributed by atoms with Gasteiger partial charge in [-0.1, -0.05) is 0 Å². The van der Waals surface area contributed by atoms with Crippen molar-refractivity contribution in [3.8, 4) is 0 Å². The molecule has 1 amide bonds. The van der Waals surface area contributed by atoms with E-state index in [0.29, 0.717) is 3.57 Å². The van der Waals surface area contributed by atoms with Gasteiger partial charge in [0.05, 0.1) is 0 Å². The van der Waals surface area contributed by atoms with Gasteiger partial charge in [0.2, 0.25) is 0 Å². The third-order valence-electron chi connectivity index (χ3n) is 4.96. The molecule has 2 N–H and O–H groups in total. The molecule has 1 aliphatic heterocycles. The number of carbonyl (C=O) groups excluding carboxylic acids is 1. The number of β-amino-alcohol motifs (C(OH)–C–C–N with tert-alkyl or cyclic N) is 1. The summed E-state index contributed by atoms with van der Waals surface area (Å²) in [6, 6.07) is 6.34. The van der Waals surface area contributed by atoms with Crippen LogP contribution < -0.4 is 5.32 Å². The van der Waals surface area contributed by atoms with E-state index in [-0.39, 0.29) is 40.1 Å². The number of amides is 1. The van der Waals surface area contributed by atoms with Crippen LogP contribution >= 0.6 is 22.6 Å². The van der Waals surface area contributed by atoms with Crippen molar-refractivity contribution in [2.75, 3.05) is 18.4 Å². The van der Waals surface area contributed by atoms with Gasteiger partial charge in [0.1, 0.15) is 0 Å². The minimum absolute atomic E-state index is 0.0571. The molecule has 2 aromatic carbocycles. The number of nitrogens with one attached hydrogen (secondary N) is 1. The van der Waals surface area contributed by atoms with E-state index >= 15 is 0 Å². The van der Waals surface area contributed by atoms with Crippen LogP contribution in [-0.4, -0.2) is 65.0 Å². The average Bonchev–Trinajstić information content (AvgIpc) is 2.68. The summed E-state index contributed by atoms with van der Waals surface area (Å²) < 4.78 is 43.3. The van der Waals surface area contributed by atoms with Gasteiger partial charge in [-0.3, -0.25) is 0 Å². The summed E-state index contributed by atoms with van der Waals surface area (Å²) in [4.78, 5) is 14.4. The number of carbonyl (C=O) groups is 1. The molecular formula is C21H24As2F3IN2O2. The number of likely N-dealkylation sites (tertiary alicyclic amines) is 1. The van der Waals surface area contributed by atoms with Gasteiger partial charge in [-0.2, -0.15) is 0 Å². The van der Waals surface area contributed by atoms with Gasteiger partial charge in [-0.05, 0) is 22.6 Å². The number of hydrogen-bond donors (Lipinski definition) is 2. The van der Waals surface area contributed by atoms with Crippen LogP contribution in [0, 0.1) is 21.0 Å². The Bertz CT molecular complexity index is 972. The maximum absolute atomic E-state index is 14.6. The van der Waals surface area contributed by atoms with Crippen molar-refractivity contribution < 1.29 is 23.1 Å². The molecule has 0 bridgehead atoms. The van der Waals surface area contributed by atoms with Crippen LogP contribution in [-0.2, 0) is 0 Å². The Kier molecular flexibility index (Phi) is 8.44. The fraction of sp³-hybridized carbons (Fsp3) is 0.381. The molecule has 0 aliphatic carbocycles. The molecule has 0 aromatic heterocycles. The molecule has 3 rings (SSSR count). The van der Waals surface area contributed by atoms with Gasteiger partial charge in [0, 0.05) is 0 Å². The van der Waals surface area contributed by atoms with E-state index in [9.17, 15) is 23.1 Å². The summed E-state index contributed by atoms with van der Waals surface area (Å²) in [5, 5.41) is 16.4. The summed E-state index contributed by atoms with van der Waals surface area (Å²) in [6.45, 7) is 0.344. The van der Waals surface area contributed by atoms with Crippen LogP contribution in [0.4, 0.5) is 24.5 Å². The zero-order valence-corrected chi connectivity index (χ0v) is 23.3. The van der Waals surface area contributed by atoms with Crippen LogP contribution in [0.25, 0.3) is 0 Å². The van der Waals surface area contributed by atoms with Gasteiger partial charge in [0.25, 0.3) is 0 Å². The first-order valence-corrected chi connectivity index (χ1v) is 18.8. The molecule has 1 heterocycles. The molecule has 0 radical (unpaired) electrons. The molecule has 1 aliphatic rings. The number of anilines is 2. The van der Waals surface area contributed by atoms with E-state index in [1.807, 2.05) is 22.6 Å². The SMILES string of the molecule is C[As](C)CC[AsH]CC1(O)CN(C(=O)c2ccc(F)c(F)c2Nc2ccc(I)cc2F)C1. The number of hydrogen-bond acceptors (Lipinski definition) is 3. The third kappa shape index (κ3) is 6.21. The Morgan fingerprint density at radius 2 is 1.94 bits per heavy atom. The third-order valence-corrected chi connectivity index (χ3v) is 13.1. The van der Waals surface area contributed by atoms with E-state index in [4.69, 9.17) is 0 Å². The molecule has 1 saturated heterocycles. The van der Waals surface area contributed by atoms with Crippen LogP contribution in [0.5, 0.6) is 0 Å². The number of aliphatic hydroxyl groups is 1. The molecule has 1 atom stereocenters. The van der Waals surface area contributed by atoms with E-state index in [1.54, 1.807) is 6.07 Å². The number of rotatable bonds is 8. The van der Waals surface area contributed by atoms with Crippen LogP contribution in [0.1, 0.15) is 10.4 Å². The van der Waals surface area contributed by atoms with Gasteiger partial charge >= 0.3 is 184 Å². The zero-order chi connectivity index (χ0) is 22.8. The zero-order valence-electron chi connectivity index (χ0n) is 17.2. The van der Waals surface area contributed by atoms with E-state index < -0.39 is 49.3 Å². The van der Waals surface area contributed by atoms with Crippen molar-refractivity contribution >= 4 is 70.3 Å². The first kappa shape index (κ1) is 24.9. The van der Waals surface area contributed by atoms with Crippen molar-refractivity contribution in [2.24, 2.45) is 0 Å². The first-order chi connectivity index (χ1) is 14.6. The molecular weight excluding hydrogens is 646 g/mol. The maximum atomic E-state index is 14.6. The number of nitrogens with zero attached hydrogens (tertiary/aromatic N) is 1. The van der Waals surface area contributed by atoms with Crippen LogP contribution in [0.3, 0.4) is 0 Å². The molecule has 1 fully saturated rings. The van der Waals surface area contributed by atoms with E-state index in [1.165, 1.54) is 33.5 Å². The van der Waals surface area contributed by atoms with Gasteiger partial charge in [-0.25, -0.2) is 0 Å². The summed E-state index contributed by atoms with van der Waals surface area (Å²) in [6.07, 6.45) is 0. The molecule has 2 aromatic rings. The molecule has 1 unspecified atom stereocenters. The summed E-state index contributed by atoms with van der Waals surface area (Å²) in [5.41, 5.74) is 3.18. The molecule has 168 valence electrons. The second-order valence-electron chi connectivity index (χ2n) is 7.90. The second-order valence-corrected chi connectivity index (χ2v) is 17.5. The summed E-state index contributed by atoms with van der Waals surface area (Å²) >= 11 is 1.04. The van der Waals surface area contributed by atoms with Crippen molar-refractivity contribution in [1.82, 2.24) is 4.90 Å². The number of halogens is 4. The Hall–Kier alpha value is -0.693. The fourth-order valence-electron chi connectivity index (χ4n) is 3.29. The predicted molar refractivity (Wildman–Crippen MR) is 129 cm³/mol. The van der Waals surface area contributed by atoms with Crippen molar-refractivity contribution in [2.45, 2.75) is 32.6 Å². The fourth-order valence-corrected chi connectivity index (χ4v) is 13.4. The van der Waals surface area contributed by atoms with Gasteiger partial charge in [-0.15, -0.1) is 0 Å². The number of benzene rings is 2. The second kappa shape index (κ2) is 10.5. The normalized spacial score (nSPS) is 15.5. The van der Waals surface area contributed by atoms with Crippen molar-refractivity contribution in [3.05, 3.63) is 56.9 Å². The summed E-state index contributed by atoms with van der Waals surface area (Å²) in [7, 11) is 0. The molecule has 31 heavy (non-hydrogen) atoms. The Morgan fingerprint density at radius 1 is 1.23 bits per heavy atom. The van der Waals surface area contributed by atoms with Crippen LogP contribution in [0.15, 0.2) is 30.3 Å². The Labute approximate surface area is 205 Å². The molecule has 0 spiro atoms. The monoisotopic (exact) mass is 670 g/mol. The van der Waals surface area contributed by atoms with E-state index in [0.717, 1.165) is 11.3 Å². The summed E-state index contributed by atoms with van der Waals surface area (Å²) in [5.74, 6) is -3.54. The molecule has 10 heteroatoms. The van der Waals surface area contributed by atoms with Crippen LogP contribution in [0.2, 0.25) is 27.0 Å². The first-order valence-electron chi connectivity index (χ1n) is 9.67. The quantitative estimate of drug-likeness (QED) is 0.244. The Morgan fingerprint density at radius 3 is 2.58 bits per heavy atom. The topological polar surface area (TPSA) is 52.6 Å². The van der Waals surface area contributed by atoms with Gasteiger partial charge in [0.15, 0.2) is 0 Å². The van der Waals surface area contributed by atoms with Crippen molar-refractivity contribution in [3.63, 3.8) is 0 Å². The Balaban J connectivity index is 1.73. The molecule has 4 nitrogen and oxygen atoms in total. The standard InChI is InChI=1S/C21H24As2F3IN2O2/c1-23(2)8-7-22-10-21(31)11-29(12-21)20(30)14-4-5-15(24)18(26)19(14)28-17-6-3-13(27)9-16(17)25/h3-6,9,22,28,31H,7-8,10-12H2,1-2H3. The minimum atomic E-state index is -1.25.